The maximum Gasteiger partial charge on any atom is 0.410 e. The number of hydrogen-bond acceptors (Lipinski definition) is 4. The Morgan fingerprint density at radius 2 is 1.84 bits per heavy atom. The molecule has 5 heteroatoms. The lowest BCUT2D eigenvalue weighted by atomic mass is 9.91. The van der Waals surface area contributed by atoms with Crippen LogP contribution in [0.15, 0.2) is 0 Å². The predicted octanol–water partition coefficient (Wildman–Crippen LogP) is 2.44. The monoisotopic (exact) mass is 271 g/mol. The number of nitrogens with zero attached hydrogens (tertiary/aromatic N) is 1. The van der Waals surface area contributed by atoms with Gasteiger partial charge in [-0.3, -0.25) is 4.79 Å². The van der Waals surface area contributed by atoms with Gasteiger partial charge in [0.1, 0.15) is 5.60 Å². The van der Waals surface area contributed by atoms with Gasteiger partial charge in [-0.15, -0.1) is 0 Å². The maximum atomic E-state index is 12.2. The van der Waals surface area contributed by atoms with Crippen LogP contribution in [0.3, 0.4) is 0 Å². The minimum Gasteiger partial charge on any atom is -0.469 e. The molecule has 1 amide bonds. The van der Waals surface area contributed by atoms with E-state index in [9.17, 15) is 9.59 Å². The fraction of sp³-hybridized carbons (Fsp3) is 0.857. The second-order valence-corrected chi connectivity index (χ2v) is 6.33. The number of carbonyl (C=O) groups is 2. The van der Waals surface area contributed by atoms with E-state index in [4.69, 9.17) is 9.47 Å². The van der Waals surface area contributed by atoms with Gasteiger partial charge in [0.25, 0.3) is 0 Å². The van der Waals surface area contributed by atoms with E-state index in [2.05, 4.69) is 0 Å². The molecule has 0 aromatic heterocycles. The molecule has 0 aromatic carbocycles. The Hall–Kier alpha value is -1.26. The quantitative estimate of drug-likeness (QED) is 0.724. The van der Waals surface area contributed by atoms with Gasteiger partial charge in [-0.1, -0.05) is 13.8 Å². The number of carbonyl (C=O) groups excluding carboxylic acids is 2. The van der Waals surface area contributed by atoms with Crippen LogP contribution < -0.4 is 0 Å². The lowest BCUT2D eigenvalue weighted by Crippen LogP contribution is -2.45. The summed E-state index contributed by atoms with van der Waals surface area (Å²) in [7, 11) is 1.38. The molecule has 1 aliphatic rings. The molecule has 0 radical (unpaired) electrons. The molecule has 0 unspecified atom stereocenters. The number of rotatable bonds is 2. The smallest absolute Gasteiger partial charge is 0.410 e. The molecule has 2 atom stereocenters. The van der Waals surface area contributed by atoms with Gasteiger partial charge in [-0.2, -0.15) is 0 Å². The first-order chi connectivity index (χ1) is 8.67. The van der Waals surface area contributed by atoms with E-state index >= 15 is 0 Å². The Morgan fingerprint density at radius 1 is 1.26 bits per heavy atom. The average Bonchev–Trinajstić information content (AvgIpc) is 2.70. The summed E-state index contributed by atoms with van der Waals surface area (Å²) >= 11 is 0. The SMILES string of the molecule is COC(=O)[C@H]1CCN(C(=O)OC(C)(C)C)[C@@H]1C(C)C. The van der Waals surface area contributed by atoms with Gasteiger partial charge in [-0.05, 0) is 33.1 Å². The molecule has 5 nitrogen and oxygen atoms in total. The van der Waals surface area contributed by atoms with Crippen LogP contribution in [0.4, 0.5) is 4.79 Å². The van der Waals surface area contributed by atoms with E-state index in [-0.39, 0.29) is 29.9 Å². The summed E-state index contributed by atoms with van der Waals surface area (Å²) in [6.07, 6.45) is 0.284. The van der Waals surface area contributed by atoms with Crippen LogP contribution in [0.5, 0.6) is 0 Å². The number of methoxy groups -OCH3 is 1. The molecule has 1 aliphatic heterocycles. The van der Waals surface area contributed by atoms with Crippen LogP contribution in [0, 0.1) is 11.8 Å². The third-order valence-electron chi connectivity index (χ3n) is 3.27. The molecule has 0 aromatic rings. The number of likely N-dealkylation sites (tertiary alicyclic amines) is 1. The van der Waals surface area contributed by atoms with Gasteiger partial charge in [-0.25, -0.2) is 4.79 Å². The Balaban J connectivity index is 2.84. The van der Waals surface area contributed by atoms with E-state index in [0.717, 1.165) is 0 Å². The molecule has 1 saturated heterocycles. The van der Waals surface area contributed by atoms with Crippen molar-refractivity contribution in [3.8, 4) is 0 Å². The highest BCUT2D eigenvalue weighted by atomic mass is 16.6. The molecule has 19 heavy (non-hydrogen) atoms. The molecule has 0 N–H and O–H groups in total. The molecule has 0 saturated carbocycles. The van der Waals surface area contributed by atoms with Crippen LogP contribution >= 0.6 is 0 Å². The van der Waals surface area contributed by atoms with Crippen LogP contribution in [-0.2, 0) is 14.3 Å². The average molecular weight is 271 g/mol. The number of hydrogen-bond donors (Lipinski definition) is 0. The Labute approximate surface area is 115 Å². The number of amides is 1. The summed E-state index contributed by atoms with van der Waals surface area (Å²) in [6, 6.07) is -0.151. The summed E-state index contributed by atoms with van der Waals surface area (Å²) < 4.78 is 10.2. The molecule has 1 heterocycles. The second kappa shape index (κ2) is 5.80. The van der Waals surface area contributed by atoms with Crippen LogP contribution in [-0.4, -0.2) is 42.3 Å². The van der Waals surface area contributed by atoms with Crippen LogP contribution in [0.1, 0.15) is 41.0 Å². The molecule has 0 spiro atoms. The first kappa shape index (κ1) is 15.8. The number of ether oxygens (including phenoxy) is 2. The number of esters is 1. The Morgan fingerprint density at radius 3 is 2.26 bits per heavy atom. The molecular weight excluding hydrogens is 246 g/mol. The fourth-order valence-corrected chi connectivity index (χ4v) is 2.58. The van der Waals surface area contributed by atoms with Crippen molar-refractivity contribution < 1.29 is 19.1 Å². The zero-order valence-corrected chi connectivity index (χ0v) is 12.7. The van der Waals surface area contributed by atoms with E-state index in [1.807, 2.05) is 34.6 Å². The summed E-state index contributed by atoms with van der Waals surface area (Å²) in [4.78, 5) is 25.6. The van der Waals surface area contributed by atoms with Crippen molar-refractivity contribution in [3.63, 3.8) is 0 Å². The third-order valence-corrected chi connectivity index (χ3v) is 3.27. The van der Waals surface area contributed by atoms with E-state index in [1.165, 1.54) is 7.11 Å². The molecule has 0 aliphatic carbocycles. The van der Waals surface area contributed by atoms with Crippen molar-refractivity contribution >= 4 is 12.1 Å². The molecule has 110 valence electrons. The summed E-state index contributed by atoms with van der Waals surface area (Å²) in [6.45, 7) is 10.1. The summed E-state index contributed by atoms with van der Waals surface area (Å²) in [5.41, 5.74) is -0.526. The third kappa shape index (κ3) is 3.85. The molecule has 1 fully saturated rings. The zero-order valence-electron chi connectivity index (χ0n) is 12.7. The van der Waals surface area contributed by atoms with Crippen molar-refractivity contribution in [3.05, 3.63) is 0 Å². The Bertz CT molecular complexity index is 346. The van der Waals surface area contributed by atoms with Crippen molar-refractivity contribution in [2.45, 2.75) is 52.7 Å². The van der Waals surface area contributed by atoms with Crippen molar-refractivity contribution in [1.29, 1.82) is 0 Å². The van der Waals surface area contributed by atoms with Gasteiger partial charge < -0.3 is 14.4 Å². The fourth-order valence-electron chi connectivity index (χ4n) is 2.58. The largest absolute Gasteiger partial charge is 0.469 e. The normalized spacial score (nSPS) is 23.6. The summed E-state index contributed by atoms with van der Waals surface area (Å²) in [5, 5.41) is 0. The van der Waals surface area contributed by atoms with Crippen molar-refractivity contribution in [1.82, 2.24) is 4.90 Å². The minimum absolute atomic E-state index is 0.151. The second-order valence-electron chi connectivity index (χ2n) is 6.33. The predicted molar refractivity (Wildman–Crippen MR) is 71.7 cm³/mol. The van der Waals surface area contributed by atoms with E-state index in [1.54, 1.807) is 4.90 Å². The van der Waals surface area contributed by atoms with Crippen LogP contribution in [0.2, 0.25) is 0 Å². The standard InChI is InChI=1S/C14H25NO4/c1-9(2)11-10(12(16)18-6)7-8-15(11)13(17)19-14(3,4)5/h9-11H,7-8H2,1-6H3/t10-,11+/m0/s1. The van der Waals surface area contributed by atoms with Crippen molar-refractivity contribution in [2.24, 2.45) is 11.8 Å². The van der Waals surface area contributed by atoms with Crippen molar-refractivity contribution in [2.75, 3.05) is 13.7 Å². The lowest BCUT2D eigenvalue weighted by Gasteiger charge is -2.32. The molecule has 0 bridgehead atoms. The minimum atomic E-state index is -0.526. The van der Waals surface area contributed by atoms with E-state index in [0.29, 0.717) is 13.0 Å². The van der Waals surface area contributed by atoms with Gasteiger partial charge in [0.05, 0.1) is 19.1 Å². The van der Waals surface area contributed by atoms with Gasteiger partial charge >= 0.3 is 12.1 Å². The zero-order chi connectivity index (χ0) is 14.8. The first-order valence-electron chi connectivity index (χ1n) is 6.75. The molecule has 1 rings (SSSR count). The van der Waals surface area contributed by atoms with Gasteiger partial charge in [0, 0.05) is 6.54 Å². The van der Waals surface area contributed by atoms with E-state index < -0.39 is 5.60 Å². The van der Waals surface area contributed by atoms with Gasteiger partial charge in [0.2, 0.25) is 0 Å². The highest BCUT2D eigenvalue weighted by Crippen LogP contribution is 2.31. The Kier molecular flexibility index (Phi) is 4.82. The maximum absolute atomic E-state index is 12.2. The first-order valence-corrected chi connectivity index (χ1v) is 6.75. The molecular formula is C14H25NO4. The van der Waals surface area contributed by atoms with Crippen LogP contribution in [0.25, 0.3) is 0 Å². The highest BCUT2D eigenvalue weighted by Gasteiger charge is 2.44. The topological polar surface area (TPSA) is 55.8 Å². The van der Waals surface area contributed by atoms with Gasteiger partial charge in [0.15, 0.2) is 0 Å². The lowest BCUT2D eigenvalue weighted by molar-refractivity contribution is -0.146. The highest BCUT2D eigenvalue weighted by molar-refractivity contribution is 5.76. The summed E-state index contributed by atoms with van der Waals surface area (Å²) in [5.74, 6) is -0.318.